The molecule has 2 rings (SSSR count). The monoisotopic (exact) mass is 372 g/mol. The van der Waals surface area contributed by atoms with E-state index >= 15 is 0 Å². The molecule has 25 heavy (non-hydrogen) atoms. The van der Waals surface area contributed by atoms with Crippen LogP contribution in [0.2, 0.25) is 0 Å². The van der Waals surface area contributed by atoms with Gasteiger partial charge in [0, 0.05) is 30.5 Å². The quantitative estimate of drug-likeness (QED) is 0.770. The second kappa shape index (κ2) is 8.52. The van der Waals surface area contributed by atoms with Gasteiger partial charge in [-0.3, -0.25) is 9.59 Å². The summed E-state index contributed by atoms with van der Waals surface area (Å²) in [6.45, 7) is 6.51. The van der Waals surface area contributed by atoms with Crippen molar-refractivity contribution in [1.29, 1.82) is 0 Å². The Labute approximate surface area is 151 Å². The Morgan fingerprint density at radius 1 is 1.08 bits per heavy atom. The molecule has 2 aliphatic rings. The Kier molecular flexibility index (Phi) is 6.88. The van der Waals surface area contributed by atoms with Crippen molar-refractivity contribution in [2.45, 2.75) is 71.4 Å². The van der Waals surface area contributed by atoms with Crippen molar-refractivity contribution in [1.82, 2.24) is 10.2 Å². The van der Waals surface area contributed by atoms with E-state index in [-0.39, 0.29) is 47.2 Å². The molecule has 1 heterocycles. The Morgan fingerprint density at radius 3 is 2.16 bits per heavy atom. The summed E-state index contributed by atoms with van der Waals surface area (Å²) in [7, 11) is -3.00. The SMILES string of the molecule is CCC(C)NC(=O)C1CCC(C(=O)N(CC)C2CCS(=O)(=O)C2)CC1. The van der Waals surface area contributed by atoms with E-state index < -0.39 is 9.84 Å². The van der Waals surface area contributed by atoms with Gasteiger partial charge in [-0.1, -0.05) is 6.92 Å². The Hall–Kier alpha value is -1.11. The maximum absolute atomic E-state index is 12.9. The van der Waals surface area contributed by atoms with Crippen LogP contribution in [0.25, 0.3) is 0 Å². The first-order valence-corrected chi connectivity index (χ1v) is 11.4. The van der Waals surface area contributed by atoms with Crippen molar-refractivity contribution in [3.05, 3.63) is 0 Å². The molecule has 0 spiro atoms. The molecule has 1 saturated heterocycles. The van der Waals surface area contributed by atoms with Crippen molar-refractivity contribution in [2.24, 2.45) is 11.8 Å². The minimum absolute atomic E-state index is 0.0000140. The standard InChI is InChI=1S/C18H32N2O4S/c1-4-13(3)19-17(21)14-6-8-15(9-7-14)18(22)20(5-2)16-10-11-25(23,24)12-16/h13-16H,4-12H2,1-3H3,(H,19,21). The van der Waals surface area contributed by atoms with E-state index in [2.05, 4.69) is 5.32 Å². The molecule has 144 valence electrons. The fourth-order valence-corrected chi connectivity index (χ4v) is 5.65. The first-order valence-electron chi connectivity index (χ1n) is 9.58. The normalized spacial score (nSPS) is 29.8. The van der Waals surface area contributed by atoms with Crippen LogP contribution < -0.4 is 5.32 Å². The van der Waals surface area contributed by atoms with Gasteiger partial charge in [-0.2, -0.15) is 0 Å². The maximum atomic E-state index is 12.9. The Morgan fingerprint density at radius 2 is 1.68 bits per heavy atom. The zero-order valence-electron chi connectivity index (χ0n) is 15.7. The molecule has 0 aromatic rings. The molecule has 1 N–H and O–H groups in total. The number of nitrogens with one attached hydrogen (secondary N) is 1. The molecule has 0 aromatic carbocycles. The molecular formula is C18H32N2O4S. The predicted octanol–water partition coefficient (Wildman–Crippen LogP) is 1.74. The molecule has 0 radical (unpaired) electrons. The fraction of sp³-hybridized carbons (Fsp3) is 0.889. The van der Waals surface area contributed by atoms with E-state index in [9.17, 15) is 18.0 Å². The second-order valence-corrected chi connectivity index (χ2v) is 9.78. The Bertz CT molecular complexity index is 582. The average molecular weight is 373 g/mol. The van der Waals surface area contributed by atoms with Gasteiger partial charge < -0.3 is 10.2 Å². The topological polar surface area (TPSA) is 83.6 Å². The molecular weight excluding hydrogens is 340 g/mol. The predicted molar refractivity (Wildman–Crippen MR) is 97.8 cm³/mol. The van der Waals surface area contributed by atoms with E-state index in [1.54, 1.807) is 4.90 Å². The maximum Gasteiger partial charge on any atom is 0.225 e. The summed E-state index contributed by atoms with van der Waals surface area (Å²) in [6, 6.07) is 0.0145. The molecule has 1 aliphatic heterocycles. The third-order valence-electron chi connectivity index (χ3n) is 5.72. The lowest BCUT2D eigenvalue weighted by molar-refractivity contribution is -0.140. The van der Waals surface area contributed by atoms with E-state index in [1.807, 2.05) is 20.8 Å². The van der Waals surface area contributed by atoms with Crippen LogP contribution in [0.3, 0.4) is 0 Å². The molecule has 6 nitrogen and oxygen atoms in total. The molecule has 7 heteroatoms. The van der Waals surface area contributed by atoms with Gasteiger partial charge in [0.1, 0.15) is 0 Å². The number of hydrogen-bond donors (Lipinski definition) is 1. The van der Waals surface area contributed by atoms with E-state index in [1.165, 1.54) is 0 Å². The van der Waals surface area contributed by atoms with Crippen molar-refractivity contribution in [2.75, 3.05) is 18.1 Å². The highest BCUT2D eigenvalue weighted by atomic mass is 32.2. The zero-order chi connectivity index (χ0) is 18.6. The fourth-order valence-electron chi connectivity index (χ4n) is 3.91. The third kappa shape index (κ3) is 5.19. The van der Waals surface area contributed by atoms with E-state index in [4.69, 9.17) is 0 Å². The summed E-state index contributed by atoms with van der Waals surface area (Å²) in [5.74, 6) is 0.388. The summed E-state index contributed by atoms with van der Waals surface area (Å²) in [4.78, 5) is 26.9. The van der Waals surface area contributed by atoms with Gasteiger partial charge in [0.2, 0.25) is 11.8 Å². The van der Waals surface area contributed by atoms with Crippen LogP contribution in [0, 0.1) is 11.8 Å². The summed E-state index contributed by atoms with van der Waals surface area (Å²) < 4.78 is 23.4. The number of nitrogens with zero attached hydrogens (tertiary/aromatic N) is 1. The second-order valence-electron chi connectivity index (χ2n) is 7.55. The van der Waals surface area contributed by atoms with Crippen molar-refractivity contribution in [3.8, 4) is 0 Å². The largest absolute Gasteiger partial charge is 0.353 e. The van der Waals surface area contributed by atoms with Crippen LogP contribution in [-0.4, -0.2) is 55.3 Å². The van der Waals surface area contributed by atoms with Crippen molar-refractivity contribution in [3.63, 3.8) is 0 Å². The minimum Gasteiger partial charge on any atom is -0.353 e. The van der Waals surface area contributed by atoms with Crippen LogP contribution in [0.4, 0.5) is 0 Å². The first kappa shape index (κ1) is 20.2. The highest BCUT2D eigenvalue weighted by Gasteiger charge is 2.38. The molecule has 0 aromatic heterocycles. The average Bonchev–Trinajstić information content (AvgIpc) is 2.95. The number of rotatable bonds is 6. The number of hydrogen-bond acceptors (Lipinski definition) is 4. The lowest BCUT2D eigenvalue weighted by Gasteiger charge is -2.34. The zero-order valence-corrected chi connectivity index (χ0v) is 16.5. The smallest absolute Gasteiger partial charge is 0.225 e. The molecule has 1 aliphatic carbocycles. The summed E-state index contributed by atoms with van der Waals surface area (Å²) in [6.07, 6.45) is 4.36. The lowest BCUT2D eigenvalue weighted by atomic mass is 9.80. The van der Waals surface area contributed by atoms with Crippen LogP contribution >= 0.6 is 0 Å². The number of amides is 2. The molecule has 0 bridgehead atoms. The van der Waals surface area contributed by atoms with E-state index in [0.717, 1.165) is 19.3 Å². The van der Waals surface area contributed by atoms with Crippen LogP contribution in [0.1, 0.15) is 59.3 Å². The summed E-state index contributed by atoms with van der Waals surface area (Å²) >= 11 is 0. The van der Waals surface area contributed by atoms with Crippen LogP contribution in [0.15, 0.2) is 0 Å². The highest BCUT2D eigenvalue weighted by molar-refractivity contribution is 7.91. The highest BCUT2D eigenvalue weighted by Crippen LogP contribution is 2.31. The van der Waals surface area contributed by atoms with Gasteiger partial charge in [-0.05, 0) is 52.4 Å². The van der Waals surface area contributed by atoms with Crippen LogP contribution in [0.5, 0.6) is 0 Å². The molecule has 2 unspecified atom stereocenters. The van der Waals surface area contributed by atoms with Gasteiger partial charge in [0.05, 0.1) is 11.5 Å². The lowest BCUT2D eigenvalue weighted by Crippen LogP contribution is -2.45. The Balaban J connectivity index is 1.88. The number of carbonyl (C=O) groups is 2. The molecule has 2 fully saturated rings. The van der Waals surface area contributed by atoms with Gasteiger partial charge in [0.15, 0.2) is 9.84 Å². The number of sulfone groups is 1. The van der Waals surface area contributed by atoms with Crippen LogP contribution in [-0.2, 0) is 19.4 Å². The molecule has 1 saturated carbocycles. The first-order chi connectivity index (χ1) is 11.8. The molecule has 2 amide bonds. The van der Waals surface area contributed by atoms with Gasteiger partial charge in [-0.25, -0.2) is 8.42 Å². The van der Waals surface area contributed by atoms with Crippen molar-refractivity contribution < 1.29 is 18.0 Å². The van der Waals surface area contributed by atoms with Gasteiger partial charge in [-0.15, -0.1) is 0 Å². The van der Waals surface area contributed by atoms with Crippen molar-refractivity contribution >= 4 is 21.7 Å². The summed E-state index contributed by atoms with van der Waals surface area (Å²) in [5, 5.41) is 3.03. The molecule has 2 atom stereocenters. The minimum atomic E-state index is -3.00. The van der Waals surface area contributed by atoms with Gasteiger partial charge >= 0.3 is 0 Å². The third-order valence-corrected chi connectivity index (χ3v) is 7.47. The summed E-state index contributed by atoms with van der Waals surface area (Å²) in [5.41, 5.74) is 0. The van der Waals surface area contributed by atoms with Gasteiger partial charge in [0.25, 0.3) is 0 Å². The number of carbonyl (C=O) groups excluding carboxylic acids is 2. The van der Waals surface area contributed by atoms with E-state index in [0.29, 0.717) is 25.8 Å².